The lowest BCUT2D eigenvalue weighted by atomic mass is 10.0. The van der Waals surface area contributed by atoms with E-state index in [1.54, 1.807) is 0 Å². The van der Waals surface area contributed by atoms with Crippen molar-refractivity contribution in [2.24, 2.45) is 0 Å². The van der Waals surface area contributed by atoms with Crippen LogP contribution in [0.4, 0.5) is 0 Å². The highest BCUT2D eigenvalue weighted by Gasteiger charge is 2.29. The molecule has 14 rings (SSSR count). The zero-order valence-electron chi connectivity index (χ0n) is 34.1. The highest BCUT2D eigenvalue weighted by molar-refractivity contribution is 8.00. The van der Waals surface area contributed by atoms with Gasteiger partial charge in [0.25, 0.3) is 0 Å². The lowest BCUT2D eigenvalue weighted by molar-refractivity contribution is 0.669. The zero-order valence-corrected chi connectivity index (χ0v) is 34.9. The van der Waals surface area contributed by atoms with Crippen LogP contribution in [0.25, 0.3) is 122 Å². The number of para-hydroxylation sites is 4. The molecular formula is C57H33N5OS. The molecule has 7 heteroatoms. The van der Waals surface area contributed by atoms with Gasteiger partial charge in [0.05, 0.1) is 16.7 Å². The number of aromatic nitrogens is 5. The monoisotopic (exact) mass is 835 g/mol. The van der Waals surface area contributed by atoms with Gasteiger partial charge in [-0.1, -0.05) is 151 Å². The number of fused-ring (bicyclic) bond motifs is 11. The summed E-state index contributed by atoms with van der Waals surface area (Å²) in [5, 5.41) is 8.08. The van der Waals surface area contributed by atoms with E-state index in [-0.39, 0.29) is 0 Å². The summed E-state index contributed by atoms with van der Waals surface area (Å²) in [6.07, 6.45) is 0. The van der Waals surface area contributed by atoms with Crippen LogP contribution in [0, 0.1) is 0 Å². The van der Waals surface area contributed by atoms with Crippen LogP contribution in [0.3, 0.4) is 0 Å². The molecule has 0 spiro atoms. The molecule has 64 heavy (non-hydrogen) atoms. The summed E-state index contributed by atoms with van der Waals surface area (Å²) in [6, 6.07) is 70.7. The Morgan fingerprint density at radius 1 is 0.422 bits per heavy atom. The summed E-state index contributed by atoms with van der Waals surface area (Å²) in [5.41, 5.74) is 12.6. The van der Waals surface area contributed by atoms with Gasteiger partial charge in [0, 0.05) is 59.1 Å². The fraction of sp³-hybridized carbons (Fsp3) is 0. The lowest BCUT2D eigenvalue weighted by Crippen LogP contribution is -2.06. The minimum Gasteiger partial charge on any atom is -0.456 e. The fourth-order valence-electron chi connectivity index (χ4n) is 9.93. The van der Waals surface area contributed by atoms with Gasteiger partial charge < -0.3 is 4.42 Å². The van der Waals surface area contributed by atoms with E-state index >= 15 is 0 Å². The van der Waals surface area contributed by atoms with Crippen molar-refractivity contribution in [2.45, 2.75) is 9.79 Å². The average molecular weight is 836 g/mol. The summed E-state index contributed by atoms with van der Waals surface area (Å²) in [7, 11) is 0. The van der Waals surface area contributed by atoms with Crippen LogP contribution in [0.1, 0.15) is 0 Å². The van der Waals surface area contributed by atoms with Crippen molar-refractivity contribution in [1.82, 2.24) is 24.1 Å². The Balaban J connectivity index is 0.967. The van der Waals surface area contributed by atoms with Crippen molar-refractivity contribution in [3.8, 4) is 56.7 Å². The molecule has 0 fully saturated rings. The third-order valence-corrected chi connectivity index (χ3v) is 13.9. The Labute approximate surface area is 370 Å². The van der Waals surface area contributed by atoms with E-state index in [1.807, 2.05) is 42.1 Å². The molecular weight excluding hydrogens is 803 g/mol. The van der Waals surface area contributed by atoms with Crippen LogP contribution in [0.15, 0.2) is 214 Å². The Hall–Kier alpha value is -8.26. The maximum absolute atomic E-state index is 6.21. The highest BCUT2D eigenvalue weighted by Crippen LogP contribution is 2.52. The van der Waals surface area contributed by atoms with Crippen molar-refractivity contribution in [3.63, 3.8) is 0 Å². The van der Waals surface area contributed by atoms with Gasteiger partial charge in [0.1, 0.15) is 16.8 Å². The third kappa shape index (κ3) is 5.19. The predicted octanol–water partition coefficient (Wildman–Crippen LogP) is 15.1. The van der Waals surface area contributed by atoms with Crippen LogP contribution in [-0.4, -0.2) is 24.1 Å². The SMILES string of the molecule is c1ccc(-n2c3ccccc3c3c4cccc5c4n(c32)-c2cccc(-c3cccc(-c4nc(-c6ccc7oc8ccccc8c7c6)nc(-c6cccc7ccccc67)n4)c3)c2S5)cc1. The Morgan fingerprint density at radius 2 is 1.08 bits per heavy atom. The van der Waals surface area contributed by atoms with E-state index in [1.165, 1.54) is 42.6 Å². The largest absolute Gasteiger partial charge is 0.456 e. The second-order valence-electron chi connectivity index (χ2n) is 16.4. The summed E-state index contributed by atoms with van der Waals surface area (Å²) in [6.45, 7) is 0. The molecule has 0 amide bonds. The number of furan rings is 1. The maximum Gasteiger partial charge on any atom is 0.164 e. The van der Waals surface area contributed by atoms with E-state index in [0.29, 0.717) is 17.5 Å². The molecule has 0 atom stereocenters. The molecule has 6 nitrogen and oxygen atoms in total. The molecule has 0 saturated heterocycles. The molecule has 9 aromatic carbocycles. The third-order valence-electron chi connectivity index (χ3n) is 12.7. The number of benzene rings is 9. The fourth-order valence-corrected chi connectivity index (χ4v) is 11.2. The van der Waals surface area contributed by atoms with Gasteiger partial charge in [-0.3, -0.25) is 9.13 Å². The summed E-state index contributed by atoms with van der Waals surface area (Å²) in [4.78, 5) is 18.2. The molecule has 1 aliphatic heterocycles. The standard InChI is InChI=1S/C57H33N5OS/c1-2-18-38(19-3-1)61-46-26-8-6-22-43(46)51-44-25-13-29-50-52(44)62(57(51)61)47-27-12-23-40(53(47)64-50)35-16-10-17-36(32-35)54-58-55(37-30-31-49-45(33-37)41-21-7-9-28-48(41)63-49)60-56(59-54)42-24-11-15-34-14-4-5-20-39(34)42/h1-33H. The van der Waals surface area contributed by atoms with Crippen LogP contribution in [0.2, 0.25) is 0 Å². The molecule has 0 unspecified atom stereocenters. The van der Waals surface area contributed by atoms with Gasteiger partial charge in [-0.2, -0.15) is 0 Å². The van der Waals surface area contributed by atoms with Crippen molar-refractivity contribution in [1.29, 1.82) is 0 Å². The summed E-state index contributed by atoms with van der Waals surface area (Å²) in [5.74, 6) is 1.83. The Kier molecular flexibility index (Phi) is 7.52. The van der Waals surface area contributed by atoms with Crippen LogP contribution in [-0.2, 0) is 0 Å². The average Bonchev–Trinajstić information content (AvgIpc) is 4.02. The van der Waals surface area contributed by atoms with Crippen LogP contribution < -0.4 is 0 Å². The van der Waals surface area contributed by atoms with Crippen LogP contribution >= 0.6 is 11.8 Å². The molecule has 0 aliphatic carbocycles. The highest BCUT2D eigenvalue weighted by atomic mass is 32.2. The minimum atomic E-state index is 0.601. The van der Waals surface area contributed by atoms with E-state index < -0.39 is 0 Å². The van der Waals surface area contributed by atoms with Crippen molar-refractivity contribution >= 4 is 77.3 Å². The normalized spacial score (nSPS) is 12.3. The Bertz CT molecular complexity index is 4060. The lowest BCUT2D eigenvalue weighted by Gasteiger charge is -2.23. The first kappa shape index (κ1) is 35.3. The second kappa shape index (κ2) is 13.6. The van der Waals surface area contributed by atoms with Gasteiger partial charge in [-0.25, -0.2) is 15.0 Å². The van der Waals surface area contributed by atoms with Crippen molar-refractivity contribution in [2.75, 3.05) is 0 Å². The second-order valence-corrected chi connectivity index (χ2v) is 17.4. The smallest absolute Gasteiger partial charge is 0.164 e. The first-order valence-corrected chi connectivity index (χ1v) is 22.3. The first-order chi connectivity index (χ1) is 31.7. The molecule has 0 saturated carbocycles. The van der Waals surface area contributed by atoms with E-state index in [0.717, 1.165) is 71.9 Å². The van der Waals surface area contributed by atoms with Gasteiger partial charge in [0.15, 0.2) is 17.5 Å². The molecule has 5 heterocycles. The molecule has 0 radical (unpaired) electrons. The Morgan fingerprint density at radius 3 is 1.98 bits per heavy atom. The van der Waals surface area contributed by atoms with Crippen LogP contribution in [0.5, 0.6) is 0 Å². The predicted molar refractivity (Wildman–Crippen MR) is 262 cm³/mol. The molecule has 4 aromatic heterocycles. The number of hydrogen-bond donors (Lipinski definition) is 0. The number of rotatable bonds is 5. The van der Waals surface area contributed by atoms with Gasteiger partial charge in [0.2, 0.25) is 0 Å². The first-order valence-electron chi connectivity index (χ1n) is 21.4. The maximum atomic E-state index is 6.21. The molecule has 0 bridgehead atoms. The minimum absolute atomic E-state index is 0.601. The van der Waals surface area contributed by atoms with Crippen molar-refractivity contribution in [3.05, 3.63) is 200 Å². The number of nitrogens with zero attached hydrogens (tertiary/aromatic N) is 5. The van der Waals surface area contributed by atoms with Gasteiger partial charge in [-0.05, 0) is 82.6 Å². The summed E-state index contributed by atoms with van der Waals surface area (Å²) < 4.78 is 11.1. The van der Waals surface area contributed by atoms with Gasteiger partial charge in [-0.15, -0.1) is 0 Å². The zero-order chi connectivity index (χ0) is 41.9. The van der Waals surface area contributed by atoms with E-state index in [4.69, 9.17) is 19.4 Å². The molecule has 1 aliphatic rings. The molecule has 298 valence electrons. The van der Waals surface area contributed by atoms with E-state index in [9.17, 15) is 0 Å². The van der Waals surface area contributed by atoms with E-state index in [2.05, 4.69) is 179 Å². The molecule has 13 aromatic rings. The topological polar surface area (TPSA) is 61.7 Å². The van der Waals surface area contributed by atoms with Gasteiger partial charge >= 0.3 is 0 Å². The summed E-state index contributed by atoms with van der Waals surface area (Å²) >= 11 is 1.85. The quantitative estimate of drug-likeness (QED) is 0.173. The van der Waals surface area contributed by atoms with Crippen molar-refractivity contribution < 1.29 is 4.42 Å². The number of hydrogen-bond acceptors (Lipinski definition) is 5. The molecule has 0 N–H and O–H groups in total.